The molecule has 3 aromatic rings. The van der Waals surface area contributed by atoms with Gasteiger partial charge in [-0.2, -0.15) is 0 Å². The van der Waals surface area contributed by atoms with E-state index in [1.54, 1.807) is 39.8 Å². The number of carbonyl (C=O) groups excluding carboxylic acids is 4. The average molecular weight is 749 g/mol. The van der Waals surface area contributed by atoms with Crippen LogP contribution < -0.4 is 19.7 Å². The molecule has 0 aromatic heterocycles. The monoisotopic (exact) mass is 747 g/mol. The molecular formula is C36H40Cl2FN3O7S. The van der Waals surface area contributed by atoms with E-state index < -0.39 is 62.4 Å². The topological polar surface area (TPSA) is 139 Å². The molecule has 0 bridgehead atoms. The van der Waals surface area contributed by atoms with E-state index >= 15 is 4.79 Å². The number of imide groups is 1. The van der Waals surface area contributed by atoms with E-state index in [0.717, 1.165) is 11.2 Å². The summed E-state index contributed by atoms with van der Waals surface area (Å²) in [5.41, 5.74) is -1.75. The Balaban J connectivity index is 0.00000562. The number of anilines is 1. The number of nitrogens with one attached hydrogen (secondary N) is 2. The third-order valence-electron chi connectivity index (χ3n) is 9.49. The maximum absolute atomic E-state index is 15.2. The first kappa shape index (κ1) is 38.8. The van der Waals surface area contributed by atoms with Gasteiger partial charge in [0.25, 0.3) is 5.91 Å². The molecule has 1 fully saturated rings. The van der Waals surface area contributed by atoms with E-state index in [1.807, 2.05) is 4.72 Å². The minimum absolute atomic E-state index is 0. The number of piperidine rings is 1. The van der Waals surface area contributed by atoms with Gasteiger partial charge in [-0.1, -0.05) is 63.5 Å². The van der Waals surface area contributed by atoms with Crippen molar-refractivity contribution in [2.75, 3.05) is 11.2 Å². The van der Waals surface area contributed by atoms with Crippen LogP contribution in [0.2, 0.25) is 10.0 Å². The number of sulfonamides is 1. The van der Waals surface area contributed by atoms with Crippen LogP contribution in [0.25, 0.3) is 0 Å². The number of hydrogen-bond donors (Lipinski definition) is 2. The third-order valence-corrected chi connectivity index (χ3v) is 10.5. The highest BCUT2D eigenvalue weighted by molar-refractivity contribution is 7.89. The summed E-state index contributed by atoms with van der Waals surface area (Å²) in [5, 5.41) is 3.41. The highest BCUT2D eigenvalue weighted by Gasteiger charge is 2.65. The van der Waals surface area contributed by atoms with Crippen molar-refractivity contribution in [3.05, 3.63) is 92.7 Å². The van der Waals surface area contributed by atoms with E-state index in [2.05, 4.69) is 5.32 Å². The summed E-state index contributed by atoms with van der Waals surface area (Å²) in [6.07, 6.45) is 0.613. The molecule has 14 heteroatoms. The fourth-order valence-corrected chi connectivity index (χ4v) is 7.94. The Bertz CT molecular complexity index is 1990. The molecule has 3 aromatic carbocycles. The van der Waals surface area contributed by atoms with Crippen LogP contribution in [0, 0.1) is 12.7 Å². The van der Waals surface area contributed by atoms with E-state index in [9.17, 15) is 27.2 Å². The van der Waals surface area contributed by atoms with Gasteiger partial charge in [0.15, 0.2) is 5.60 Å². The number of carbonyl (C=O) groups is 4. The lowest BCUT2D eigenvalue weighted by atomic mass is 9.58. The molecule has 0 unspecified atom stereocenters. The van der Waals surface area contributed by atoms with Gasteiger partial charge in [-0.15, -0.1) is 0 Å². The van der Waals surface area contributed by atoms with E-state index in [1.165, 1.54) is 42.5 Å². The lowest BCUT2D eigenvalue weighted by molar-refractivity contribution is -0.137. The van der Waals surface area contributed by atoms with Gasteiger partial charge in [0.2, 0.25) is 27.7 Å². The fourth-order valence-electron chi connectivity index (χ4n) is 7.07. The second-order valence-corrected chi connectivity index (χ2v) is 15.0. The largest absolute Gasteiger partial charge is 0.477 e. The van der Waals surface area contributed by atoms with Gasteiger partial charge in [-0.05, 0) is 78.9 Å². The highest BCUT2D eigenvalue weighted by Crippen LogP contribution is 2.61. The minimum atomic E-state index is -3.97. The van der Waals surface area contributed by atoms with E-state index in [4.69, 9.17) is 27.9 Å². The number of nitrogens with zero attached hydrogens (tertiary/aromatic N) is 1. The molecule has 1 saturated heterocycles. The van der Waals surface area contributed by atoms with Gasteiger partial charge in [0, 0.05) is 34.4 Å². The van der Waals surface area contributed by atoms with Crippen LogP contribution in [0.5, 0.6) is 5.75 Å². The molecule has 1 spiro atoms. The molecule has 0 saturated carbocycles. The number of ether oxygens (including phenoxy) is 1. The fraction of sp³-hybridized carbons (Fsp3) is 0.389. The summed E-state index contributed by atoms with van der Waals surface area (Å²) in [4.78, 5) is 57.0. The summed E-state index contributed by atoms with van der Waals surface area (Å²) in [6, 6.07) is 12.1. The van der Waals surface area contributed by atoms with Gasteiger partial charge in [-0.3, -0.25) is 19.2 Å². The Morgan fingerprint density at radius 2 is 1.66 bits per heavy atom. The van der Waals surface area contributed by atoms with Gasteiger partial charge >= 0.3 is 0 Å². The average Bonchev–Trinajstić information content (AvgIpc) is 3.28. The Labute approximate surface area is 301 Å². The molecule has 5 rings (SSSR count). The van der Waals surface area contributed by atoms with Crippen LogP contribution in [0.3, 0.4) is 0 Å². The molecule has 268 valence electrons. The molecule has 0 aliphatic carbocycles. The van der Waals surface area contributed by atoms with Crippen LogP contribution in [0.4, 0.5) is 10.1 Å². The number of benzene rings is 3. The van der Waals surface area contributed by atoms with Crippen molar-refractivity contribution >= 4 is 62.5 Å². The molecule has 0 radical (unpaired) electrons. The lowest BCUT2D eigenvalue weighted by Crippen LogP contribution is -2.59. The van der Waals surface area contributed by atoms with Crippen LogP contribution >= 0.6 is 23.2 Å². The molecule has 2 heterocycles. The molecule has 50 heavy (non-hydrogen) atoms. The van der Waals surface area contributed by atoms with Crippen molar-refractivity contribution in [1.82, 2.24) is 10.0 Å². The number of fused-ring (bicyclic) bond motifs is 2. The van der Waals surface area contributed by atoms with Crippen LogP contribution in [-0.4, -0.2) is 43.9 Å². The van der Waals surface area contributed by atoms with Gasteiger partial charge in [0.05, 0.1) is 18.0 Å². The Morgan fingerprint density at radius 1 is 1.02 bits per heavy atom. The van der Waals surface area contributed by atoms with Gasteiger partial charge in [0.1, 0.15) is 17.0 Å². The first-order valence-corrected chi connectivity index (χ1v) is 18.4. The predicted octanol–water partition coefficient (Wildman–Crippen LogP) is 6.66. The number of halogens is 3. The van der Waals surface area contributed by atoms with Crippen molar-refractivity contribution in [3.8, 4) is 5.75 Å². The second-order valence-electron chi connectivity index (χ2n) is 12.4. The molecule has 2 aliphatic heterocycles. The Kier molecular flexibility index (Phi) is 11.1. The first-order valence-electron chi connectivity index (χ1n) is 15.8. The van der Waals surface area contributed by atoms with Crippen LogP contribution in [0.15, 0.2) is 54.6 Å². The zero-order valence-corrected chi connectivity index (χ0v) is 29.9. The summed E-state index contributed by atoms with van der Waals surface area (Å²) in [7, 11) is -3.97. The summed E-state index contributed by atoms with van der Waals surface area (Å²) < 4.78 is 47.6. The summed E-state index contributed by atoms with van der Waals surface area (Å²) >= 11 is 13.0. The van der Waals surface area contributed by atoms with Crippen LogP contribution in [0.1, 0.15) is 88.1 Å². The third kappa shape index (κ3) is 6.60. The summed E-state index contributed by atoms with van der Waals surface area (Å²) in [6.45, 7) is 6.65. The van der Waals surface area contributed by atoms with Crippen molar-refractivity contribution < 1.29 is 36.7 Å². The highest BCUT2D eigenvalue weighted by atomic mass is 35.5. The maximum Gasteiger partial charge on any atom is 0.277 e. The molecular weight excluding hydrogens is 708 g/mol. The minimum Gasteiger partial charge on any atom is -0.477 e. The van der Waals surface area contributed by atoms with Crippen molar-refractivity contribution in [1.29, 1.82) is 0 Å². The first-order chi connectivity index (χ1) is 23.0. The van der Waals surface area contributed by atoms with E-state index in [-0.39, 0.29) is 60.2 Å². The number of aryl methyl sites for hydroxylation is 1. The zero-order valence-electron chi connectivity index (χ0n) is 27.5. The van der Waals surface area contributed by atoms with Crippen molar-refractivity contribution in [2.45, 2.75) is 83.8 Å². The standard InChI is InChI=1S/C35H36Cl2FN3O7S.CH4/c1-6-30(43)41-27-16-21(37)10-13-25(27)35(33(41)45)26(18-29(42)39-31(35)23-17-22(38)12-9-19(23)4)24-15-20(36)11-14-28(24)48-34(7-2,8-3)32(44)40-49(5,46)47;/h9-17,26,31H,6-8,18H2,1-5H3,(H,39,42)(H,40,44);1H4/t26-,31+,35-;/m1./s1. The zero-order chi connectivity index (χ0) is 36.1. The molecule has 2 N–H and O–H groups in total. The number of rotatable bonds is 9. The second kappa shape index (κ2) is 14.3. The molecule has 3 atom stereocenters. The van der Waals surface area contributed by atoms with Crippen LogP contribution in [-0.2, 0) is 34.6 Å². The van der Waals surface area contributed by atoms with Crippen molar-refractivity contribution in [2.24, 2.45) is 0 Å². The number of amides is 4. The molecule has 4 amide bonds. The Hall–Kier alpha value is -4.00. The lowest BCUT2D eigenvalue weighted by Gasteiger charge is -2.47. The molecule has 2 aliphatic rings. The summed E-state index contributed by atoms with van der Waals surface area (Å²) in [5.74, 6) is -4.22. The SMILES string of the molecule is C.CCC(=O)N1C(=O)[C@]2(c3ccc(Cl)cc31)[C@@H](c1cc(Cl)ccc1OC(CC)(CC)C(=O)NS(C)(=O)=O)CC(=O)N[C@H]2c1cc(F)ccc1C. The normalized spacial score (nSPS) is 20.2. The number of hydrogen-bond acceptors (Lipinski definition) is 7. The van der Waals surface area contributed by atoms with Crippen molar-refractivity contribution in [3.63, 3.8) is 0 Å². The molecule has 10 nitrogen and oxygen atoms in total. The maximum atomic E-state index is 15.2. The quantitative estimate of drug-likeness (QED) is 0.250. The smallest absolute Gasteiger partial charge is 0.277 e. The van der Waals surface area contributed by atoms with Gasteiger partial charge < -0.3 is 10.1 Å². The Morgan fingerprint density at radius 3 is 2.28 bits per heavy atom. The van der Waals surface area contributed by atoms with E-state index in [0.29, 0.717) is 16.7 Å². The predicted molar refractivity (Wildman–Crippen MR) is 190 cm³/mol. The van der Waals surface area contributed by atoms with Gasteiger partial charge in [-0.25, -0.2) is 22.4 Å².